The Morgan fingerprint density at radius 1 is 1.44 bits per heavy atom. The van der Waals surface area contributed by atoms with E-state index in [9.17, 15) is 0 Å². The largest absolute Gasteiger partial charge is 0.464 e. The van der Waals surface area contributed by atoms with E-state index in [-0.39, 0.29) is 0 Å². The third-order valence-corrected chi connectivity index (χ3v) is 3.74. The van der Waals surface area contributed by atoms with Crippen molar-refractivity contribution in [1.82, 2.24) is 4.90 Å². The Morgan fingerprint density at radius 3 is 3.12 bits per heavy atom. The highest BCUT2D eigenvalue weighted by Gasteiger charge is 2.19. The quantitative estimate of drug-likeness (QED) is 0.753. The molecule has 1 aliphatic rings. The van der Waals surface area contributed by atoms with Gasteiger partial charge in [-0.05, 0) is 30.7 Å². The maximum atomic E-state index is 6.27. The van der Waals surface area contributed by atoms with Crippen LogP contribution < -0.4 is 0 Å². The molecular weight excluding hydrogens is 222 g/mol. The summed E-state index contributed by atoms with van der Waals surface area (Å²) in [6.07, 6.45) is 2.88. The second kappa shape index (κ2) is 3.79. The third-order valence-electron chi connectivity index (χ3n) is 3.39. The van der Waals surface area contributed by atoms with Crippen molar-refractivity contribution < 1.29 is 4.42 Å². The van der Waals surface area contributed by atoms with Crippen LogP contribution in [0.3, 0.4) is 0 Å². The predicted molar refractivity (Wildman–Crippen MR) is 65.9 cm³/mol. The van der Waals surface area contributed by atoms with Crippen LogP contribution in [-0.4, -0.2) is 18.0 Å². The number of hydrogen-bond acceptors (Lipinski definition) is 2. The molecule has 0 radical (unpaired) electrons. The minimum Gasteiger partial charge on any atom is -0.464 e. The number of halogens is 1. The average Bonchev–Trinajstić information content (AvgIpc) is 2.58. The van der Waals surface area contributed by atoms with E-state index in [1.54, 1.807) is 0 Å². The smallest absolute Gasteiger partial charge is 0.134 e. The van der Waals surface area contributed by atoms with Gasteiger partial charge < -0.3 is 4.42 Å². The Kier molecular flexibility index (Phi) is 2.41. The molecule has 3 heteroatoms. The average molecular weight is 236 g/mol. The lowest BCUT2D eigenvalue weighted by atomic mass is 10.1. The number of benzene rings is 1. The fraction of sp³-hybridized carbons (Fsp3) is 0.385. The molecule has 84 valence electrons. The van der Waals surface area contributed by atoms with Crippen molar-refractivity contribution in [3.63, 3.8) is 0 Å². The van der Waals surface area contributed by atoms with Gasteiger partial charge in [0.2, 0.25) is 0 Å². The van der Waals surface area contributed by atoms with Gasteiger partial charge in [0.25, 0.3) is 0 Å². The highest BCUT2D eigenvalue weighted by atomic mass is 35.5. The zero-order valence-corrected chi connectivity index (χ0v) is 10.0. The molecule has 2 nitrogen and oxygen atoms in total. The molecule has 1 aliphatic heterocycles. The van der Waals surface area contributed by atoms with Gasteiger partial charge in [0, 0.05) is 29.1 Å². The minimum absolute atomic E-state index is 0.869. The van der Waals surface area contributed by atoms with Crippen LogP contribution in [0.25, 0.3) is 11.0 Å². The molecule has 0 saturated heterocycles. The van der Waals surface area contributed by atoms with Crippen LogP contribution in [-0.2, 0) is 13.0 Å². The van der Waals surface area contributed by atoms with Crippen molar-refractivity contribution in [1.29, 1.82) is 0 Å². The number of rotatable bonds is 1. The summed E-state index contributed by atoms with van der Waals surface area (Å²) < 4.78 is 5.58. The maximum Gasteiger partial charge on any atom is 0.134 e. The Balaban J connectivity index is 2.23. The van der Waals surface area contributed by atoms with E-state index >= 15 is 0 Å². The molecule has 3 rings (SSSR count). The van der Waals surface area contributed by atoms with Crippen molar-refractivity contribution in [2.24, 2.45) is 0 Å². The molecule has 0 atom stereocenters. The molecule has 2 aromatic rings. The number of furan rings is 1. The lowest BCUT2D eigenvalue weighted by Crippen LogP contribution is -2.23. The Hall–Kier alpha value is -0.990. The molecule has 16 heavy (non-hydrogen) atoms. The van der Waals surface area contributed by atoms with Gasteiger partial charge in [-0.3, -0.25) is 4.90 Å². The van der Waals surface area contributed by atoms with Gasteiger partial charge in [0.05, 0.1) is 6.26 Å². The summed E-state index contributed by atoms with van der Waals surface area (Å²) >= 11 is 6.27. The summed E-state index contributed by atoms with van der Waals surface area (Å²) in [5, 5.41) is 2.11. The summed E-state index contributed by atoms with van der Waals surface area (Å²) in [6, 6.07) is 3.90. The van der Waals surface area contributed by atoms with Gasteiger partial charge in [0.1, 0.15) is 5.58 Å². The van der Waals surface area contributed by atoms with Gasteiger partial charge >= 0.3 is 0 Å². The van der Waals surface area contributed by atoms with E-state index in [1.165, 1.54) is 16.5 Å². The second-order valence-electron chi connectivity index (χ2n) is 4.28. The van der Waals surface area contributed by atoms with Crippen molar-refractivity contribution in [3.05, 3.63) is 34.5 Å². The first-order valence-corrected chi connectivity index (χ1v) is 6.07. The van der Waals surface area contributed by atoms with Gasteiger partial charge in [-0.1, -0.05) is 18.5 Å². The van der Waals surface area contributed by atoms with Crippen LogP contribution in [0.4, 0.5) is 0 Å². The van der Waals surface area contributed by atoms with Crippen LogP contribution >= 0.6 is 11.6 Å². The van der Waals surface area contributed by atoms with Crippen LogP contribution in [0.1, 0.15) is 18.1 Å². The normalized spacial score (nSPS) is 16.6. The number of nitrogens with zero attached hydrogens (tertiary/aromatic N) is 1. The van der Waals surface area contributed by atoms with Crippen LogP contribution in [0.2, 0.25) is 5.02 Å². The molecule has 0 unspecified atom stereocenters. The molecule has 2 heterocycles. The standard InChI is InChI=1S/C13H14ClNO/c1-2-15-6-5-10-11(14)3-4-12-13(10)9(7-15)8-16-12/h3-4,8H,2,5-7H2,1H3. The van der Waals surface area contributed by atoms with Crippen molar-refractivity contribution in [2.75, 3.05) is 13.1 Å². The molecule has 1 aromatic heterocycles. The third kappa shape index (κ3) is 1.45. The predicted octanol–water partition coefficient (Wildman–Crippen LogP) is 3.46. The summed E-state index contributed by atoms with van der Waals surface area (Å²) in [4.78, 5) is 2.42. The van der Waals surface area contributed by atoms with Gasteiger partial charge in [-0.2, -0.15) is 0 Å². The second-order valence-corrected chi connectivity index (χ2v) is 4.69. The van der Waals surface area contributed by atoms with Crippen molar-refractivity contribution >= 4 is 22.6 Å². The zero-order valence-electron chi connectivity index (χ0n) is 9.29. The van der Waals surface area contributed by atoms with E-state index in [0.717, 1.165) is 36.7 Å². The van der Waals surface area contributed by atoms with E-state index in [1.807, 2.05) is 18.4 Å². The molecule has 0 bridgehead atoms. The van der Waals surface area contributed by atoms with E-state index in [2.05, 4.69) is 11.8 Å². The summed E-state index contributed by atoms with van der Waals surface area (Å²) in [7, 11) is 0. The molecule has 0 spiro atoms. The van der Waals surface area contributed by atoms with E-state index in [4.69, 9.17) is 16.0 Å². The summed E-state index contributed by atoms with van der Waals surface area (Å²) in [5.74, 6) is 0. The van der Waals surface area contributed by atoms with Gasteiger partial charge in [-0.15, -0.1) is 0 Å². The SMILES string of the molecule is CCN1CCc2c(Cl)ccc3occ(c23)C1. The van der Waals surface area contributed by atoms with Gasteiger partial charge in [0.15, 0.2) is 0 Å². The number of likely N-dealkylation sites (N-methyl/N-ethyl adjacent to an activating group) is 1. The maximum absolute atomic E-state index is 6.27. The van der Waals surface area contributed by atoms with E-state index < -0.39 is 0 Å². The summed E-state index contributed by atoms with van der Waals surface area (Å²) in [5.41, 5.74) is 3.48. The zero-order chi connectivity index (χ0) is 11.1. The minimum atomic E-state index is 0.869. The van der Waals surface area contributed by atoms with E-state index in [0.29, 0.717) is 0 Å². The molecule has 0 N–H and O–H groups in total. The fourth-order valence-corrected chi connectivity index (χ4v) is 2.72. The molecular formula is C13H14ClNO. The first-order chi connectivity index (χ1) is 7.79. The lowest BCUT2D eigenvalue weighted by Gasteiger charge is -2.16. The monoisotopic (exact) mass is 235 g/mol. The Morgan fingerprint density at radius 2 is 2.31 bits per heavy atom. The van der Waals surface area contributed by atoms with Crippen molar-refractivity contribution in [2.45, 2.75) is 19.9 Å². The molecule has 0 aliphatic carbocycles. The van der Waals surface area contributed by atoms with Crippen LogP contribution in [0, 0.1) is 0 Å². The lowest BCUT2D eigenvalue weighted by molar-refractivity contribution is 0.287. The number of hydrogen-bond donors (Lipinski definition) is 0. The Bertz CT molecular complexity index is 532. The van der Waals surface area contributed by atoms with Crippen molar-refractivity contribution in [3.8, 4) is 0 Å². The molecule has 0 amide bonds. The van der Waals surface area contributed by atoms with Gasteiger partial charge in [-0.25, -0.2) is 0 Å². The highest BCUT2D eigenvalue weighted by Crippen LogP contribution is 2.33. The molecule has 1 aromatic carbocycles. The molecule has 0 saturated carbocycles. The fourth-order valence-electron chi connectivity index (χ4n) is 2.47. The highest BCUT2D eigenvalue weighted by molar-refractivity contribution is 6.32. The Labute approximate surface area is 99.8 Å². The topological polar surface area (TPSA) is 16.4 Å². The molecule has 0 fully saturated rings. The first kappa shape index (κ1) is 10.2. The van der Waals surface area contributed by atoms with Crippen LogP contribution in [0.15, 0.2) is 22.8 Å². The van der Waals surface area contributed by atoms with Crippen LogP contribution in [0.5, 0.6) is 0 Å². The first-order valence-electron chi connectivity index (χ1n) is 5.69. The summed E-state index contributed by atoms with van der Waals surface area (Å²) in [6.45, 7) is 5.30.